The number of carbonyl (C=O) groups is 1. The Bertz CT molecular complexity index is 333. The number of hydrogen-bond donors (Lipinski definition) is 0. The number of thioether (sulfide) groups is 1. The van der Waals surface area contributed by atoms with Gasteiger partial charge in [-0.1, -0.05) is 0 Å². The van der Waals surface area contributed by atoms with Crippen molar-refractivity contribution in [2.45, 2.75) is 0 Å². The van der Waals surface area contributed by atoms with Crippen LogP contribution in [-0.4, -0.2) is 35.4 Å². The van der Waals surface area contributed by atoms with E-state index < -0.39 is 0 Å². The van der Waals surface area contributed by atoms with Gasteiger partial charge in [0.2, 0.25) is 0 Å². The zero-order valence-electron chi connectivity index (χ0n) is 7.53. The van der Waals surface area contributed by atoms with Crippen LogP contribution in [0.25, 0.3) is 0 Å². The lowest BCUT2D eigenvalue weighted by Crippen LogP contribution is -2.37. The number of amides is 1. The summed E-state index contributed by atoms with van der Waals surface area (Å²) in [6.07, 6.45) is 0. The maximum Gasteiger partial charge on any atom is 0.264 e. The van der Waals surface area contributed by atoms with Crippen molar-refractivity contribution in [1.82, 2.24) is 4.90 Å². The first-order chi connectivity index (χ1) is 6.77. The Morgan fingerprint density at radius 3 is 2.64 bits per heavy atom. The molecule has 1 aliphatic heterocycles. The SMILES string of the molecule is O=C(c1ccc(Br)s1)N1CCSCC1. The molecule has 1 aromatic rings. The summed E-state index contributed by atoms with van der Waals surface area (Å²) >= 11 is 6.79. The molecule has 2 rings (SSSR count). The largest absolute Gasteiger partial charge is 0.336 e. The minimum atomic E-state index is 0.181. The molecule has 0 aliphatic carbocycles. The van der Waals surface area contributed by atoms with Crippen LogP contribution < -0.4 is 0 Å². The molecule has 1 amide bonds. The first-order valence-electron chi connectivity index (χ1n) is 4.40. The molecule has 76 valence electrons. The maximum absolute atomic E-state index is 11.9. The van der Waals surface area contributed by atoms with Crippen LogP contribution in [-0.2, 0) is 0 Å². The maximum atomic E-state index is 11.9. The van der Waals surface area contributed by atoms with Gasteiger partial charge >= 0.3 is 0 Å². The third kappa shape index (κ3) is 2.32. The summed E-state index contributed by atoms with van der Waals surface area (Å²) in [5, 5.41) is 0. The normalized spacial score (nSPS) is 17.1. The van der Waals surface area contributed by atoms with Crippen molar-refractivity contribution in [2.24, 2.45) is 0 Å². The zero-order chi connectivity index (χ0) is 9.97. The molecule has 5 heteroatoms. The summed E-state index contributed by atoms with van der Waals surface area (Å²) in [6.45, 7) is 1.78. The predicted molar refractivity (Wildman–Crippen MR) is 65.2 cm³/mol. The van der Waals surface area contributed by atoms with Gasteiger partial charge in [-0.2, -0.15) is 11.8 Å². The molecular formula is C9H10BrNOS2. The van der Waals surface area contributed by atoms with Gasteiger partial charge < -0.3 is 4.90 Å². The average Bonchev–Trinajstić information content (AvgIpc) is 2.65. The average molecular weight is 292 g/mol. The van der Waals surface area contributed by atoms with Crippen molar-refractivity contribution in [2.75, 3.05) is 24.6 Å². The molecule has 1 aromatic heterocycles. The fourth-order valence-corrected chi connectivity index (χ4v) is 3.61. The van der Waals surface area contributed by atoms with Crippen LogP contribution in [0.5, 0.6) is 0 Å². The topological polar surface area (TPSA) is 20.3 Å². The summed E-state index contributed by atoms with van der Waals surface area (Å²) in [5.41, 5.74) is 0. The molecule has 0 atom stereocenters. The first-order valence-corrected chi connectivity index (χ1v) is 7.16. The summed E-state index contributed by atoms with van der Waals surface area (Å²) in [6, 6.07) is 3.81. The fraction of sp³-hybridized carbons (Fsp3) is 0.444. The van der Waals surface area contributed by atoms with E-state index >= 15 is 0 Å². The molecule has 0 saturated carbocycles. The Hall–Kier alpha value is -0.000000000000000111. The zero-order valence-corrected chi connectivity index (χ0v) is 10.8. The highest BCUT2D eigenvalue weighted by Gasteiger charge is 2.19. The van der Waals surface area contributed by atoms with E-state index in [2.05, 4.69) is 15.9 Å². The van der Waals surface area contributed by atoms with Gasteiger partial charge in [0.25, 0.3) is 5.91 Å². The van der Waals surface area contributed by atoms with Crippen molar-refractivity contribution in [3.8, 4) is 0 Å². The van der Waals surface area contributed by atoms with E-state index in [0.717, 1.165) is 33.3 Å². The highest BCUT2D eigenvalue weighted by atomic mass is 79.9. The molecule has 0 bridgehead atoms. The van der Waals surface area contributed by atoms with Gasteiger partial charge in [0.15, 0.2) is 0 Å². The Labute approximate surface area is 99.8 Å². The standard InChI is InChI=1S/C9H10BrNOS2/c10-8-2-1-7(14-8)9(12)11-3-5-13-6-4-11/h1-2H,3-6H2. The Balaban J connectivity index is 2.07. The van der Waals surface area contributed by atoms with Gasteiger partial charge in [0.05, 0.1) is 8.66 Å². The van der Waals surface area contributed by atoms with Gasteiger partial charge in [-0.05, 0) is 28.1 Å². The molecule has 14 heavy (non-hydrogen) atoms. The minimum absolute atomic E-state index is 0.181. The van der Waals surface area contributed by atoms with Crippen LogP contribution in [0.3, 0.4) is 0 Å². The second-order valence-electron chi connectivity index (χ2n) is 3.01. The van der Waals surface area contributed by atoms with E-state index in [1.54, 1.807) is 0 Å². The van der Waals surface area contributed by atoms with Crippen molar-refractivity contribution in [1.29, 1.82) is 0 Å². The van der Waals surface area contributed by atoms with Gasteiger partial charge in [0.1, 0.15) is 0 Å². The van der Waals surface area contributed by atoms with Crippen molar-refractivity contribution >= 4 is 44.9 Å². The molecule has 2 heterocycles. The summed E-state index contributed by atoms with van der Waals surface area (Å²) in [5.74, 6) is 2.32. The number of thiophene rings is 1. The van der Waals surface area contributed by atoms with E-state index in [1.807, 2.05) is 28.8 Å². The lowest BCUT2D eigenvalue weighted by Gasteiger charge is -2.25. The first kappa shape index (κ1) is 10.5. The highest BCUT2D eigenvalue weighted by Crippen LogP contribution is 2.24. The van der Waals surface area contributed by atoms with Gasteiger partial charge in [-0.25, -0.2) is 0 Å². The van der Waals surface area contributed by atoms with E-state index in [9.17, 15) is 4.79 Å². The molecule has 1 fully saturated rings. The van der Waals surface area contributed by atoms with Crippen LogP contribution in [0.4, 0.5) is 0 Å². The number of carbonyl (C=O) groups excluding carboxylic acids is 1. The fourth-order valence-electron chi connectivity index (χ4n) is 1.35. The molecule has 1 saturated heterocycles. The van der Waals surface area contributed by atoms with E-state index in [0.29, 0.717) is 0 Å². The van der Waals surface area contributed by atoms with E-state index in [-0.39, 0.29) is 5.91 Å². The smallest absolute Gasteiger partial charge is 0.264 e. The summed E-state index contributed by atoms with van der Waals surface area (Å²) < 4.78 is 1.02. The molecular weight excluding hydrogens is 282 g/mol. The number of halogens is 1. The van der Waals surface area contributed by atoms with Crippen LogP contribution >= 0.6 is 39.0 Å². The molecule has 0 aromatic carbocycles. The van der Waals surface area contributed by atoms with Crippen molar-refractivity contribution in [3.05, 3.63) is 20.8 Å². The highest BCUT2D eigenvalue weighted by molar-refractivity contribution is 9.11. The Morgan fingerprint density at radius 2 is 2.07 bits per heavy atom. The molecule has 0 N–H and O–H groups in total. The second-order valence-corrected chi connectivity index (χ2v) is 6.70. The van der Waals surface area contributed by atoms with Gasteiger partial charge in [-0.15, -0.1) is 11.3 Å². The number of nitrogens with zero attached hydrogens (tertiary/aromatic N) is 1. The third-order valence-electron chi connectivity index (χ3n) is 2.08. The van der Waals surface area contributed by atoms with Crippen molar-refractivity contribution in [3.63, 3.8) is 0 Å². The molecule has 0 radical (unpaired) electrons. The number of hydrogen-bond acceptors (Lipinski definition) is 3. The minimum Gasteiger partial charge on any atom is -0.336 e. The quantitative estimate of drug-likeness (QED) is 0.793. The third-order valence-corrected chi connectivity index (χ3v) is 4.64. The Morgan fingerprint density at radius 1 is 1.36 bits per heavy atom. The number of rotatable bonds is 1. The lowest BCUT2D eigenvalue weighted by molar-refractivity contribution is 0.0777. The molecule has 0 spiro atoms. The van der Waals surface area contributed by atoms with Crippen LogP contribution in [0.2, 0.25) is 0 Å². The predicted octanol–water partition coefficient (Wildman–Crippen LogP) is 2.70. The molecule has 1 aliphatic rings. The summed E-state index contributed by atoms with van der Waals surface area (Å²) in [4.78, 5) is 14.7. The summed E-state index contributed by atoms with van der Waals surface area (Å²) in [7, 11) is 0. The second kappa shape index (κ2) is 4.68. The van der Waals surface area contributed by atoms with Gasteiger partial charge in [-0.3, -0.25) is 4.79 Å². The van der Waals surface area contributed by atoms with Crippen LogP contribution in [0.15, 0.2) is 15.9 Å². The van der Waals surface area contributed by atoms with Crippen LogP contribution in [0, 0.1) is 0 Å². The van der Waals surface area contributed by atoms with Crippen LogP contribution in [0.1, 0.15) is 9.67 Å². The molecule has 2 nitrogen and oxygen atoms in total. The van der Waals surface area contributed by atoms with E-state index in [1.165, 1.54) is 11.3 Å². The van der Waals surface area contributed by atoms with Crippen molar-refractivity contribution < 1.29 is 4.79 Å². The van der Waals surface area contributed by atoms with Gasteiger partial charge in [0, 0.05) is 24.6 Å². The van der Waals surface area contributed by atoms with E-state index in [4.69, 9.17) is 0 Å². The molecule has 0 unspecified atom stereocenters. The lowest BCUT2D eigenvalue weighted by atomic mass is 10.4. The Kier molecular flexibility index (Phi) is 3.52. The monoisotopic (exact) mass is 291 g/mol.